The van der Waals surface area contributed by atoms with Crippen molar-refractivity contribution >= 4 is 8.80 Å². The Morgan fingerprint density at radius 3 is 1.00 bits per heavy atom. The van der Waals surface area contributed by atoms with E-state index in [1.54, 1.807) is 0 Å². The molecular formula is C33H69FO3Si. The van der Waals surface area contributed by atoms with Crippen LogP contribution in [0.1, 0.15) is 182 Å². The predicted molar refractivity (Wildman–Crippen MR) is 167 cm³/mol. The lowest BCUT2D eigenvalue weighted by molar-refractivity contribution is 0.0583. The standard InChI is InChI=1S/C33H69FO3Si/c1-6-11-13-15-16-17-18-19-20-21-22-23-24-26-28-30-33(34,29-27-25-14-12-7-2)31-32-38(35-8-3,36-9-4)37-10-5/h6-32H2,1-5H3. The number of halogens is 1. The summed E-state index contributed by atoms with van der Waals surface area (Å²) in [6, 6.07) is 0.590. The van der Waals surface area contributed by atoms with Gasteiger partial charge >= 0.3 is 8.80 Å². The Morgan fingerprint density at radius 2 is 0.711 bits per heavy atom. The normalized spacial score (nSPS) is 13.7. The van der Waals surface area contributed by atoms with E-state index in [4.69, 9.17) is 13.3 Å². The maximum Gasteiger partial charge on any atom is 0.501 e. The van der Waals surface area contributed by atoms with Crippen LogP contribution in [0.25, 0.3) is 0 Å². The first-order valence-corrected chi connectivity index (χ1v) is 19.0. The van der Waals surface area contributed by atoms with Crippen LogP contribution >= 0.6 is 0 Å². The number of unbranched alkanes of at least 4 members (excludes halogenated alkanes) is 18. The van der Waals surface area contributed by atoms with Crippen molar-refractivity contribution in [2.75, 3.05) is 19.8 Å². The zero-order chi connectivity index (χ0) is 28.2. The summed E-state index contributed by atoms with van der Waals surface area (Å²) in [7, 11) is -2.80. The van der Waals surface area contributed by atoms with Gasteiger partial charge in [-0.3, -0.25) is 0 Å². The Morgan fingerprint density at radius 1 is 0.421 bits per heavy atom. The van der Waals surface area contributed by atoms with Gasteiger partial charge in [0.25, 0.3) is 0 Å². The number of hydrogen-bond acceptors (Lipinski definition) is 3. The maximum atomic E-state index is 16.3. The van der Waals surface area contributed by atoms with Gasteiger partial charge in [0.15, 0.2) is 0 Å². The van der Waals surface area contributed by atoms with E-state index in [2.05, 4.69) is 13.8 Å². The average molecular weight is 561 g/mol. The zero-order valence-corrected chi connectivity index (χ0v) is 27.7. The zero-order valence-electron chi connectivity index (χ0n) is 26.7. The molecule has 0 radical (unpaired) electrons. The van der Waals surface area contributed by atoms with Crippen molar-refractivity contribution in [1.82, 2.24) is 0 Å². The molecule has 0 bridgehead atoms. The van der Waals surface area contributed by atoms with E-state index in [1.807, 2.05) is 20.8 Å². The number of rotatable bonds is 31. The fourth-order valence-corrected chi connectivity index (χ4v) is 8.37. The summed E-state index contributed by atoms with van der Waals surface area (Å²) in [6.07, 6.45) is 27.8. The van der Waals surface area contributed by atoms with Gasteiger partial charge in [0.1, 0.15) is 5.67 Å². The first kappa shape index (κ1) is 38.0. The molecule has 0 aromatic carbocycles. The monoisotopic (exact) mass is 561 g/mol. The molecule has 5 heteroatoms. The summed E-state index contributed by atoms with van der Waals surface area (Å²) in [6.45, 7) is 12.1. The van der Waals surface area contributed by atoms with Crippen molar-refractivity contribution in [3.05, 3.63) is 0 Å². The second-order valence-corrected chi connectivity index (χ2v) is 14.2. The summed E-state index contributed by atoms with van der Waals surface area (Å²) in [5, 5.41) is 0. The maximum absolute atomic E-state index is 16.3. The molecule has 0 aliphatic carbocycles. The van der Waals surface area contributed by atoms with Gasteiger partial charge in [-0.2, -0.15) is 0 Å². The van der Waals surface area contributed by atoms with E-state index in [0.29, 0.717) is 45.1 Å². The van der Waals surface area contributed by atoms with E-state index >= 15 is 4.39 Å². The van der Waals surface area contributed by atoms with Gasteiger partial charge in [-0.15, -0.1) is 0 Å². The lowest BCUT2D eigenvalue weighted by atomic mass is 9.89. The predicted octanol–water partition coefficient (Wildman–Crippen LogP) is 11.8. The molecule has 0 amide bonds. The topological polar surface area (TPSA) is 27.7 Å². The highest BCUT2D eigenvalue weighted by Gasteiger charge is 2.43. The van der Waals surface area contributed by atoms with Crippen LogP contribution in [0.5, 0.6) is 0 Å². The molecule has 0 aromatic heterocycles. The van der Waals surface area contributed by atoms with Gasteiger partial charge in [0.2, 0.25) is 0 Å². The third-order valence-corrected chi connectivity index (χ3v) is 11.0. The SMILES string of the molecule is CCCCCCCCCCCCCCCCCC(F)(CCCCCCC)CC[Si](OCC)(OCC)OCC. The van der Waals surface area contributed by atoms with E-state index < -0.39 is 14.5 Å². The third-order valence-electron chi connectivity index (χ3n) is 7.93. The fraction of sp³-hybridized carbons (Fsp3) is 1.00. The lowest BCUT2D eigenvalue weighted by Gasteiger charge is -2.32. The largest absolute Gasteiger partial charge is 0.501 e. The van der Waals surface area contributed by atoms with E-state index in [0.717, 1.165) is 25.7 Å². The van der Waals surface area contributed by atoms with Gasteiger partial charge in [0.05, 0.1) is 0 Å². The van der Waals surface area contributed by atoms with Crippen LogP contribution in [0.15, 0.2) is 0 Å². The van der Waals surface area contributed by atoms with Gasteiger partial charge in [-0.25, -0.2) is 4.39 Å². The van der Waals surface area contributed by atoms with Crippen LogP contribution < -0.4 is 0 Å². The first-order valence-electron chi connectivity index (χ1n) is 17.1. The second kappa shape index (κ2) is 27.2. The molecule has 1 unspecified atom stereocenters. The highest BCUT2D eigenvalue weighted by atomic mass is 28.4. The van der Waals surface area contributed by atoms with Crippen molar-refractivity contribution in [1.29, 1.82) is 0 Å². The van der Waals surface area contributed by atoms with Gasteiger partial charge < -0.3 is 13.3 Å². The van der Waals surface area contributed by atoms with Crippen molar-refractivity contribution in [2.45, 2.75) is 194 Å². The molecule has 38 heavy (non-hydrogen) atoms. The van der Waals surface area contributed by atoms with Gasteiger partial charge in [-0.05, 0) is 40.0 Å². The fourth-order valence-electron chi connectivity index (χ4n) is 5.61. The first-order chi connectivity index (χ1) is 18.5. The average Bonchev–Trinajstić information content (AvgIpc) is 2.90. The van der Waals surface area contributed by atoms with Crippen LogP contribution in [0.3, 0.4) is 0 Å². The molecule has 0 aromatic rings. The summed E-state index contributed by atoms with van der Waals surface area (Å²) in [5.41, 5.74) is -1.12. The molecule has 230 valence electrons. The Labute approximate surface area is 240 Å². The molecule has 0 aliphatic heterocycles. The summed E-state index contributed by atoms with van der Waals surface area (Å²) in [4.78, 5) is 0. The molecule has 0 heterocycles. The quantitative estimate of drug-likeness (QED) is 0.0623. The van der Waals surface area contributed by atoms with Crippen molar-refractivity contribution < 1.29 is 17.7 Å². The highest BCUT2D eigenvalue weighted by molar-refractivity contribution is 6.60. The molecule has 0 aliphatic rings. The van der Waals surface area contributed by atoms with Gasteiger partial charge in [0, 0.05) is 25.9 Å². The summed E-state index contributed by atoms with van der Waals surface area (Å²) < 4.78 is 34.3. The molecule has 0 saturated heterocycles. The Kier molecular flexibility index (Phi) is 27.2. The lowest BCUT2D eigenvalue weighted by Crippen LogP contribution is -2.47. The molecule has 0 rings (SSSR count). The minimum atomic E-state index is -2.80. The molecule has 1 atom stereocenters. The molecule has 0 fully saturated rings. The van der Waals surface area contributed by atoms with E-state index in [-0.39, 0.29) is 0 Å². The Bertz CT molecular complexity index is 462. The molecule has 3 nitrogen and oxygen atoms in total. The molecule has 0 N–H and O–H groups in total. The van der Waals surface area contributed by atoms with Crippen LogP contribution in [0, 0.1) is 0 Å². The molecule has 0 spiro atoms. The van der Waals surface area contributed by atoms with Crippen LogP contribution in [0.2, 0.25) is 6.04 Å². The van der Waals surface area contributed by atoms with Crippen LogP contribution in [-0.2, 0) is 13.3 Å². The Balaban J connectivity index is 4.32. The van der Waals surface area contributed by atoms with Crippen LogP contribution in [-0.4, -0.2) is 34.3 Å². The highest BCUT2D eigenvalue weighted by Crippen LogP contribution is 2.35. The number of alkyl halides is 1. The molecule has 0 saturated carbocycles. The van der Waals surface area contributed by atoms with Crippen LogP contribution in [0.4, 0.5) is 4.39 Å². The van der Waals surface area contributed by atoms with E-state index in [1.165, 1.54) is 103 Å². The second-order valence-electron chi connectivity index (χ2n) is 11.5. The van der Waals surface area contributed by atoms with E-state index in [9.17, 15) is 0 Å². The number of hydrogen-bond donors (Lipinski definition) is 0. The summed E-state index contributed by atoms with van der Waals surface area (Å²) in [5.74, 6) is 0. The minimum Gasteiger partial charge on any atom is -0.374 e. The summed E-state index contributed by atoms with van der Waals surface area (Å²) >= 11 is 0. The minimum absolute atomic E-state index is 0.506. The van der Waals surface area contributed by atoms with Crippen molar-refractivity contribution in [2.24, 2.45) is 0 Å². The molecular weight excluding hydrogens is 491 g/mol. The Hall–Kier alpha value is 0.0269. The smallest absolute Gasteiger partial charge is 0.374 e. The van der Waals surface area contributed by atoms with Gasteiger partial charge in [-0.1, -0.05) is 142 Å². The third kappa shape index (κ3) is 21.8. The van der Waals surface area contributed by atoms with Crippen molar-refractivity contribution in [3.8, 4) is 0 Å². The van der Waals surface area contributed by atoms with Crippen molar-refractivity contribution in [3.63, 3.8) is 0 Å².